The lowest BCUT2D eigenvalue weighted by molar-refractivity contribution is -0.136. The van der Waals surface area contributed by atoms with E-state index in [0.717, 1.165) is 15.2 Å². The molecule has 0 saturated heterocycles. The molecule has 0 atom stereocenters. The van der Waals surface area contributed by atoms with Crippen molar-refractivity contribution in [2.45, 2.75) is 6.42 Å². The molecule has 0 bridgehead atoms. The summed E-state index contributed by atoms with van der Waals surface area (Å²) in [4.78, 5) is 10.9. The molecule has 0 saturated carbocycles. The Hall–Kier alpha value is -1.75. The van der Waals surface area contributed by atoms with E-state index in [9.17, 15) is 4.79 Å². The van der Waals surface area contributed by atoms with Crippen LogP contribution in [0.4, 0.5) is 0 Å². The first-order valence-electron chi connectivity index (χ1n) is 4.95. The van der Waals surface area contributed by atoms with Crippen LogP contribution in [-0.4, -0.2) is 11.1 Å². The van der Waals surface area contributed by atoms with Crippen molar-refractivity contribution in [3.05, 3.63) is 34.7 Å². The predicted molar refractivity (Wildman–Crippen MR) is 65.0 cm³/mol. The van der Waals surface area contributed by atoms with E-state index < -0.39 is 5.97 Å². The van der Waals surface area contributed by atoms with Crippen LogP contribution in [-0.2, 0) is 11.2 Å². The van der Waals surface area contributed by atoms with Crippen LogP contribution >= 0.6 is 15.9 Å². The van der Waals surface area contributed by atoms with Gasteiger partial charge in [0.2, 0.25) is 0 Å². The Kier molecular flexibility index (Phi) is 2.22. The lowest BCUT2D eigenvalue weighted by Gasteiger charge is -2.03. The normalized spacial score (nSPS) is 11.4. The highest BCUT2D eigenvalue weighted by Crippen LogP contribution is 2.37. The van der Waals surface area contributed by atoms with E-state index in [0.29, 0.717) is 16.7 Å². The van der Waals surface area contributed by atoms with Crippen LogP contribution in [0.15, 0.2) is 38.0 Å². The van der Waals surface area contributed by atoms with Gasteiger partial charge in [-0.15, -0.1) is 0 Å². The van der Waals surface area contributed by atoms with Crippen LogP contribution in [0.5, 0.6) is 0 Å². The minimum Gasteiger partial charge on any atom is -0.481 e. The highest BCUT2D eigenvalue weighted by Gasteiger charge is 2.18. The van der Waals surface area contributed by atoms with Crippen molar-refractivity contribution in [3.63, 3.8) is 0 Å². The molecule has 5 heteroatoms. The second-order valence-corrected chi connectivity index (χ2v) is 4.48. The summed E-state index contributed by atoms with van der Waals surface area (Å²) in [6.07, 6.45) is 2.99. The van der Waals surface area contributed by atoms with Gasteiger partial charge in [0.1, 0.15) is 11.2 Å². The molecule has 0 spiro atoms. The molecule has 0 fully saturated rings. The summed E-state index contributed by atoms with van der Waals surface area (Å²) in [7, 11) is 0. The van der Waals surface area contributed by atoms with Gasteiger partial charge in [-0.1, -0.05) is 0 Å². The molecule has 86 valence electrons. The van der Waals surface area contributed by atoms with Crippen molar-refractivity contribution in [3.8, 4) is 0 Å². The quantitative estimate of drug-likeness (QED) is 0.785. The summed E-state index contributed by atoms with van der Waals surface area (Å²) >= 11 is 3.44. The van der Waals surface area contributed by atoms with Crippen LogP contribution < -0.4 is 0 Å². The Morgan fingerprint density at radius 2 is 1.82 bits per heavy atom. The molecule has 1 aromatic carbocycles. The van der Waals surface area contributed by atoms with Crippen LogP contribution in [0, 0.1) is 0 Å². The highest BCUT2D eigenvalue weighted by molar-refractivity contribution is 9.10. The zero-order valence-corrected chi connectivity index (χ0v) is 10.2. The maximum Gasteiger partial charge on any atom is 0.307 e. The third-order valence-electron chi connectivity index (χ3n) is 2.69. The van der Waals surface area contributed by atoms with Gasteiger partial charge in [-0.25, -0.2) is 0 Å². The number of benzene rings is 1. The minimum absolute atomic E-state index is 0.0900. The van der Waals surface area contributed by atoms with Crippen molar-refractivity contribution in [2.75, 3.05) is 0 Å². The fourth-order valence-corrected chi connectivity index (χ4v) is 2.62. The Labute approximate surface area is 104 Å². The van der Waals surface area contributed by atoms with E-state index in [1.807, 2.05) is 0 Å². The van der Waals surface area contributed by atoms with Crippen molar-refractivity contribution in [1.82, 2.24) is 0 Å². The fourth-order valence-electron chi connectivity index (χ4n) is 2.00. The second-order valence-electron chi connectivity index (χ2n) is 3.69. The van der Waals surface area contributed by atoms with Gasteiger partial charge in [0, 0.05) is 16.3 Å². The van der Waals surface area contributed by atoms with E-state index in [-0.39, 0.29) is 6.42 Å². The summed E-state index contributed by atoms with van der Waals surface area (Å²) in [6.45, 7) is 0. The molecule has 3 aromatic rings. The number of aliphatic carboxylic acids is 1. The molecule has 0 aliphatic carbocycles. The van der Waals surface area contributed by atoms with Crippen molar-refractivity contribution in [2.24, 2.45) is 0 Å². The van der Waals surface area contributed by atoms with E-state index in [4.69, 9.17) is 13.9 Å². The van der Waals surface area contributed by atoms with Gasteiger partial charge in [0.15, 0.2) is 0 Å². The number of hydrogen-bond acceptors (Lipinski definition) is 3. The summed E-state index contributed by atoms with van der Waals surface area (Å²) in [5, 5.41) is 10.5. The third-order valence-corrected chi connectivity index (χ3v) is 3.48. The summed E-state index contributed by atoms with van der Waals surface area (Å²) in [6, 6.07) is 3.53. The smallest absolute Gasteiger partial charge is 0.307 e. The number of carbonyl (C=O) groups is 1. The predicted octanol–water partition coefficient (Wildman–Crippen LogP) is 3.57. The van der Waals surface area contributed by atoms with Crippen LogP contribution in [0.25, 0.3) is 21.9 Å². The average molecular weight is 295 g/mol. The van der Waals surface area contributed by atoms with Crippen molar-refractivity contribution >= 4 is 43.8 Å². The number of furan rings is 2. The minimum atomic E-state index is -0.896. The van der Waals surface area contributed by atoms with Crippen LogP contribution in [0.1, 0.15) is 5.56 Å². The van der Waals surface area contributed by atoms with Crippen LogP contribution in [0.3, 0.4) is 0 Å². The van der Waals surface area contributed by atoms with Gasteiger partial charge >= 0.3 is 5.97 Å². The molecule has 0 aliphatic heterocycles. The molecular formula is C12H7BrO4. The number of rotatable bonds is 2. The Morgan fingerprint density at radius 3 is 2.53 bits per heavy atom. The van der Waals surface area contributed by atoms with Gasteiger partial charge in [0.05, 0.1) is 23.4 Å². The molecule has 0 unspecified atom stereocenters. The molecule has 0 radical (unpaired) electrons. The Morgan fingerprint density at radius 1 is 1.18 bits per heavy atom. The van der Waals surface area contributed by atoms with Crippen molar-refractivity contribution < 1.29 is 18.7 Å². The van der Waals surface area contributed by atoms with E-state index in [1.165, 1.54) is 0 Å². The topological polar surface area (TPSA) is 63.6 Å². The van der Waals surface area contributed by atoms with E-state index in [1.54, 1.807) is 24.7 Å². The van der Waals surface area contributed by atoms with E-state index >= 15 is 0 Å². The van der Waals surface area contributed by atoms with Crippen LogP contribution in [0.2, 0.25) is 0 Å². The number of fused-ring (bicyclic) bond motifs is 2. The lowest BCUT2D eigenvalue weighted by Crippen LogP contribution is -2.01. The van der Waals surface area contributed by atoms with Gasteiger partial charge in [-0.05, 0) is 28.1 Å². The van der Waals surface area contributed by atoms with Gasteiger partial charge < -0.3 is 13.9 Å². The Bertz CT molecular complexity index is 671. The molecular weight excluding hydrogens is 288 g/mol. The molecule has 17 heavy (non-hydrogen) atoms. The van der Waals surface area contributed by atoms with E-state index in [2.05, 4.69) is 15.9 Å². The zero-order chi connectivity index (χ0) is 12.0. The maximum absolute atomic E-state index is 10.9. The zero-order valence-electron chi connectivity index (χ0n) is 8.57. The summed E-state index contributed by atoms with van der Waals surface area (Å²) in [5.41, 5.74) is 1.88. The Balaban J connectivity index is 2.47. The number of halogens is 1. The molecule has 0 amide bonds. The fraction of sp³-hybridized carbons (Fsp3) is 0.0833. The summed E-state index contributed by atoms with van der Waals surface area (Å²) in [5.74, 6) is -0.896. The number of hydrogen-bond donors (Lipinski definition) is 1. The summed E-state index contributed by atoms with van der Waals surface area (Å²) < 4.78 is 11.5. The van der Waals surface area contributed by atoms with Gasteiger partial charge in [0.25, 0.3) is 0 Å². The SMILES string of the molecule is O=C(O)Cc1c2ccoc2c(Br)c2ccoc12. The van der Waals surface area contributed by atoms with Gasteiger partial charge in [-0.3, -0.25) is 4.79 Å². The monoisotopic (exact) mass is 294 g/mol. The third kappa shape index (κ3) is 1.46. The maximum atomic E-state index is 10.9. The second kappa shape index (κ2) is 3.63. The first-order chi connectivity index (χ1) is 8.18. The lowest BCUT2D eigenvalue weighted by atomic mass is 10.0. The molecule has 4 nitrogen and oxygen atoms in total. The molecule has 2 heterocycles. The molecule has 3 rings (SSSR count). The number of carboxylic acid groups (broad SMARTS) is 1. The molecule has 1 N–H and O–H groups in total. The number of carboxylic acids is 1. The highest BCUT2D eigenvalue weighted by atomic mass is 79.9. The molecule has 0 aliphatic rings. The first-order valence-corrected chi connectivity index (χ1v) is 5.74. The van der Waals surface area contributed by atoms with Crippen molar-refractivity contribution in [1.29, 1.82) is 0 Å². The standard InChI is InChI=1S/C12H7BrO4/c13-10-7-2-4-16-11(7)8(5-9(14)15)6-1-3-17-12(6)10/h1-4H,5H2,(H,14,15). The van der Waals surface area contributed by atoms with Gasteiger partial charge in [-0.2, -0.15) is 0 Å². The first kappa shape index (κ1) is 10.4. The molecule has 2 aromatic heterocycles. The largest absolute Gasteiger partial charge is 0.481 e. The average Bonchev–Trinajstić information content (AvgIpc) is 2.92.